The maximum atomic E-state index is 8.74. The van der Waals surface area contributed by atoms with Crippen molar-refractivity contribution in [1.29, 1.82) is 0 Å². The van der Waals surface area contributed by atoms with Gasteiger partial charge in [-0.1, -0.05) is 66.0 Å². The number of hydrogen-bond acceptors (Lipinski definition) is 5. The Kier molecular flexibility index (Phi) is 27.4. The van der Waals surface area contributed by atoms with Gasteiger partial charge in [-0.15, -0.1) is 0 Å². The lowest BCUT2D eigenvalue weighted by Gasteiger charge is -2.08. The van der Waals surface area contributed by atoms with Gasteiger partial charge in [0, 0.05) is 13.4 Å². The molecule has 0 amide bonds. The van der Waals surface area contributed by atoms with Crippen LogP contribution in [0.25, 0.3) is 0 Å². The number of ether oxygens (including phenoxy) is 4. The molecule has 0 saturated carbocycles. The Hall–Kier alpha value is -0.580. The minimum atomic E-state index is 0.299. The van der Waals surface area contributed by atoms with Crippen molar-refractivity contribution in [2.45, 2.75) is 27.7 Å². The number of phenols is 1. The van der Waals surface area contributed by atoms with Crippen LogP contribution < -0.4 is 18.9 Å². The van der Waals surface area contributed by atoms with Crippen molar-refractivity contribution >= 4 is 143 Å². The van der Waals surface area contributed by atoms with Gasteiger partial charge in [-0.05, 0) is 202 Å². The van der Waals surface area contributed by atoms with Crippen LogP contribution in [0.4, 0.5) is 0 Å². The average Bonchev–Trinajstić information content (AvgIpc) is 3.10. The van der Waals surface area contributed by atoms with Crippen LogP contribution in [0.1, 0.15) is 27.7 Å². The third-order valence-corrected chi connectivity index (χ3v) is 10.8. The SMILES string of the molecule is CCOc1c(Br)cc(Br)cc1Br.CCOc1c(Br)cccc1Br.CCOc1ccc(Br)cc1Br.CCOc1ccccc1Br.Oc1ccc(Br)cc1. The monoisotopic (exact) mass is 1280 g/mol. The van der Waals surface area contributed by atoms with Gasteiger partial charge in [0.2, 0.25) is 0 Å². The number of halogens is 9. The molecule has 5 aromatic carbocycles. The summed E-state index contributed by atoms with van der Waals surface area (Å²) in [6.45, 7) is 10.6. The molecule has 0 aliphatic carbocycles. The van der Waals surface area contributed by atoms with E-state index in [4.69, 9.17) is 24.1 Å². The first-order chi connectivity index (χ1) is 24.8. The lowest BCUT2D eigenvalue weighted by molar-refractivity contribution is 0.336. The molecule has 1 N–H and O–H groups in total. The number of benzene rings is 5. The number of hydrogen-bond donors (Lipinski definition) is 1. The molecule has 5 aromatic rings. The summed E-state index contributed by atoms with van der Waals surface area (Å²) in [4.78, 5) is 0. The summed E-state index contributed by atoms with van der Waals surface area (Å²) < 4.78 is 30.3. The van der Waals surface area contributed by atoms with Crippen molar-refractivity contribution in [2.24, 2.45) is 0 Å². The molecule has 0 atom stereocenters. The third-order valence-electron chi connectivity index (χ3n) is 5.62. The number of aromatic hydroxyl groups is 1. The number of phenolic OH excluding ortho intramolecular Hbond substituents is 1. The van der Waals surface area contributed by atoms with Crippen LogP contribution in [-0.2, 0) is 0 Å². The molecule has 282 valence electrons. The lowest BCUT2D eigenvalue weighted by atomic mass is 10.3. The molecular formula is C38H37Br9O5. The zero-order valence-electron chi connectivity index (χ0n) is 28.5. The van der Waals surface area contributed by atoms with Crippen molar-refractivity contribution in [1.82, 2.24) is 0 Å². The summed E-state index contributed by atoms with van der Waals surface area (Å²) in [7, 11) is 0. The molecule has 0 saturated heterocycles. The average molecular weight is 1290 g/mol. The van der Waals surface area contributed by atoms with E-state index in [9.17, 15) is 0 Å². The molecule has 0 heterocycles. The zero-order chi connectivity index (χ0) is 39.1. The summed E-state index contributed by atoms with van der Waals surface area (Å²) in [5.41, 5.74) is 0. The van der Waals surface area contributed by atoms with E-state index in [1.54, 1.807) is 24.3 Å². The van der Waals surface area contributed by atoms with Gasteiger partial charge >= 0.3 is 0 Å². The van der Waals surface area contributed by atoms with Crippen LogP contribution in [0.15, 0.2) is 137 Å². The fourth-order valence-corrected chi connectivity index (χ4v) is 9.02. The minimum Gasteiger partial charge on any atom is -0.508 e. The Labute approximate surface area is 383 Å². The van der Waals surface area contributed by atoms with Gasteiger partial charge in [0.15, 0.2) is 0 Å². The van der Waals surface area contributed by atoms with Crippen LogP contribution >= 0.6 is 143 Å². The molecule has 14 heteroatoms. The van der Waals surface area contributed by atoms with Gasteiger partial charge in [-0.3, -0.25) is 0 Å². The molecule has 52 heavy (non-hydrogen) atoms. The summed E-state index contributed by atoms with van der Waals surface area (Å²) in [5.74, 6) is 3.81. The largest absolute Gasteiger partial charge is 0.508 e. The van der Waals surface area contributed by atoms with Crippen molar-refractivity contribution in [3.63, 3.8) is 0 Å². The standard InChI is InChI=1S/C8H7Br3O.2C8H8Br2O.C8H9BrO.C6H5BrO/c1-2-12-8-6(10)3-5(9)4-7(8)11;1-2-11-8-4-3-6(9)5-7(8)10;1-2-11-8-6(9)4-3-5-7(8)10;1-2-10-8-6-4-3-5-7(8)9;7-5-1-3-6(8)4-2-5/h3-4H,2H2,1H3;2*3-5H,2H2,1H3;3-6H,2H2,1H3;1-4,8H. The normalized spacial score (nSPS) is 9.63. The van der Waals surface area contributed by atoms with Gasteiger partial charge in [0.05, 0.1) is 53.3 Å². The van der Waals surface area contributed by atoms with Crippen molar-refractivity contribution in [3.05, 3.63) is 137 Å². The fraction of sp³-hybridized carbons (Fsp3) is 0.211. The molecule has 0 fully saturated rings. The van der Waals surface area contributed by atoms with Gasteiger partial charge in [-0.25, -0.2) is 0 Å². The highest BCUT2D eigenvalue weighted by atomic mass is 79.9. The summed E-state index contributed by atoms with van der Waals surface area (Å²) in [6.07, 6.45) is 0. The predicted molar refractivity (Wildman–Crippen MR) is 248 cm³/mol. The summed E-state index contributed by atoms with van der Waals surface area (Å²) >= 11 is 30.4. The molecular weight excluding hydrogens is 1260 g/mol. The Bertz CT molecular complexity index is 1690. The van der Waals surface area contributed by atoms with Gasteiger partial charge in [-0.2, -0.15) is 0 Å². The van der Waals surface area contributed by atoms with Crippen LogP contribution in [0, 0.1) is 0 Å². The molecule has 0 bridgehead atoms. The van der Waals surface area contributed by atoms with Crippen molar-refractivity contribution in [3.8, 4) is 28.7 Å². The lowest BCUT2D eigenvalue weighted by Crippen LogP contribution is -1.93. The zero-order valence-corrected chi connectivity index (χ0v) is 42.8. The van der Waals surface area contributed by atoms with E-state index in [0.29, 0.717) is 32.2 Å². The smallest absolute Gasteiger partial charge is 0.147 e. The van der Waals surface area contributed by atoms with E-state index in [1.807, 2.05) is 100 Å². The third kappa shape index (κ3) is 20.4. The second-order valence-corrected chi connectivity index (χ2v) is 17.3. The molecule has 5 rings (SSSR count). The topological polar surface area (TPSA) is 57.2 Å². The molecule has 0 aliphatic rings. The van der Waals surface area contributed by atoms with Crippen LogP contribution in [0.3, 0.4) is 0 Å². The predicted octanol–water partition coefficient (Wildman–Crippen LogP) is 16.6. The Balaban J connectivity index is 0.000000327. The highest BCUT2D eigenvalue weighted by Crippen LogP contribution is 2.36. The minimum absolute atomic E-state index is 0.299. The van der Waals surface area contributed by atoms with E-state index >= 15 is 0 Å². The first kappa shape index (κ1) is 49.4. The fourth-order valence-electron chi connectivity index (χ4n) is 3.48. The van der Waals surface area contributed by atoms with Crippen LogP contribution in [-0.4, -0.2) is 31.5 Å². The van der Waals surface area contributed by atoms with Crippen molar-refractivity contribution in [2.75, 3.05) is 26.4 Å². The van der Waals surface area contributed by atoms with E-state index < -0.39 is 0 Å². The van der Waals surface area contributed by atoms with Crippen molar-refractivity contribution < 1.29 is 24.1 Å². The number of para-hydroxylation sites is 2. The second-order valence-electron chi connectivity index (χ2n) is 9.46. The highest BCUT2D eigenvalue weighted by molar-refractivity contribution is 9.12. The number of rotatable bonds is 8. The van der Waals surface area contributed by atoms with Gasteiger partial charge in [0.25, 0.3) is 0 Å². The molecule has 0 radical (unpaired) electrons. The maximum absolute atomic E-state index is 8.74. The van der Waals surface area contributed by atoms with Crippen LogP contribution in [0.5, 0.6) is 28.7 Å². The van der Waals surface area contributed by atoms with Crippen LogP contribution in [0.2, 0.25) is 0 Å². The Morgan fingerprint density at radius 2 is 0.788 bits per heavy atom. The maximum Gasteiger partial charge on any atom is 0.147 e. The second kappa shape index (κ2) is 28.8. The Morgan fingerprint density at radius 3 is 1.23 bits per heavy atom. The van der Waals surface area contributed by atoms with Gasteiger partial charge < -0.3 is 24.1 Å². The van der Waals surface area contributed by atoms with E-state index in [0.717, 1.165) is 63.3 Å². The summed E-state index contributed by atoms with van der Waals surface area (Å²) in [6, 6.07) is 30.3. The molecule has 0 spiro atoms. The van der Waals surface area contributed by atoms with Gasteiger partial charge in [0.1, 0.15) is 28.7 Å². The van der Waals surface area contributed by atoms with E-state index in [1.165, 1.54) is 0 Å². The Morgan fingerprint density at radius 1 is 0.385 bits per heavy atom. The highest BCUT2D eigenvalue weighted by Gasteiger charge is 2.07. The molecule has 0 aromatic heterocycles. The quantitative estimate of drug-likeness (QED) is 0.168. The van der Waals surface area contributed by atoms with E-state index in [-0.39, 0.29) is 0 Å². The first-order valence-corrected chi connectivity index (χ1v) is 22.6. The molecule has 5 nitrogen and oxygen atoms in total. The summed E-state index contributed by atoms with van der Waals surface area (Å²) in [5, 5.41) is 8.74. The molecule has 0 aliphatic heterocycles. The molecule has 0 unspecified atom stereocenters. The van der Waals surface area contributed by atoms with E-state index in [2.05, 4.69) is 143 Å². The first-order valence-electron chi connectivity index (χ1n) is 15.5.